The van der Waals surface area contributed by atoms with E-state index in [0.717, 1.165) is 16.5 Å². The first-order valence-corrected chi connectivity index (χ1v) is 9.65. The van der Waals surface area contributed by atoms with Gasteiger partial charge in [-0.2, -0.15) is 5.10 Å². The molecule has 0 saturated heterocycles. The maximum atomic E-state index is 13.0. The van der Waals surface area contributed by atoms with E-state index in [1.165, 1.54) is 4.90 Å². The summed E-state index contributed by atoms with van der Waals surface area (Å²) in [6.07, 6.45) is 0.387. The van der Waals surface area contributed by atoms with Gasteiger partial charge < -0.3 is 0 Å². The highest BCUT2D eigenvalue weighted by Gasteiger charge is 2.32. The number of carbonyl (C=O) groups is 2. The zero-order valence-corrected chi connectivity index (χ0v) is 16.1. The molecular formula is C22H16N4O2S. The van der Waals surface area contributed by atoms with Crippen molar-refractivity contribution in [2.45, 2.75) is 6.42 Å². The molecule has 0 radical (unpaired) electrons. The van der Waals surface area contributed by atoms with Crippen LogP contribution in [0.4, 0.5) is 0 Å². The molecule has 1 aromatic heterocycles. The van der Waals surface area contributed by atoms with E-state index in [-0.39, 0.29) is 18.4 Å². The molecule has 6 nitrogen and oxygen atoms in total. The summed E-state index contributed by atoms with van der Waals surface area (Å²) in [7, 11) is 0. The summed E-state index contributed by atoms with van der Waals surface area (Å²) >= 11 is 5.36. The van der Waals surface area contributed by atoms with Crippen LogP contribution in [0.15, 0.2) is 66.7 Å². The van der Waals surface area contributed by atoms with E-state index in [9.17, 15) is 9.59 Å². The van der Waals surface area contributed by atoms with Gasteiger partial charge in [0.15, 0.2) is 4.77 Å². The second-order valence-electron chi connectivity index (χ2n) is 6.84. The number of nitrogens with one attached hydrogen (secondary N) is 1. The van der Waals surface area contributed by atoms with Gasteiger partial charge in [-0.25, -0.2) is 0 Å². The molecule has 3 aromatic carbocycles. The number of carbonyl (C=O) groups excluding carboxylic acids is 2. The molecule has 1 aliphatic rings. The number of aromatic amines is 1. The normalized spacial score (nSPS) is 13.3. The number of amides is 2. The molecule has 0 fully saturated rings. The van der Waals surface area contributed by atoms with Crippen molar-refractivity contribution >= 4 is 34.8 Å². The fraction of sp³-hybridized carbons (Fsp3) is 0.0909. The molecule has 142 valence electrons. The van der Waals surface area contributed by atoms with Gasteiger partial charge in [-0.1, -0.05) is 42.5 Å². The molecule has 5 rings (SSSR count). The summed E-state index contributed by atoms with van der Waals surface area (Å²) in [5.74, 6) is 0.109. The summed E-state index contributed by atoms with van der Waals surface area (Å²) in [5, 5.41) is 8.74. The lowest BCUT2D eigenvalue weighted by molar-refractivity contribution is 0.0611. The van der Waals surface area contributed by atoms with E-state index in [0.29, 0.717) is 28.1 Å². The maximum Gasteiger partial charge on any atom is 0.261 e. The Labute approximate surface area is 171 Å². The minimum absolute atomic E-state index is 0.217. The first kappa shape index (κ1) is 17.5. The van der Waals surface area contributed by atoms with E-state index >= 15 is 0 Å². The van der Waals surface area contributed by atoms with E-state index in [1.54, 1.807) is 12.1 Å². The van der Waals surface area contributed by atoms with Gasteiger partial charge in [-0.3, -0.25) is 24.2 Å². The number of hydrogen-bond donors (Lipinski definition) is 1. The van der Waals surface area contributed by atoms with Crippen LogP contribution in [-0.4, -0.2) is 38.0 Å². The lowest BCUT2D eigenvalue weighted by Crippen LogP contribution is -2.41. The van der Waals surface area contributed by atoms with E-state index < -0.39 is 0 Å². The Hall–Kier alpha value is -3.58. The quantitative estimate of drug-likeness (QED) is 0.416. The SMILES string of the molecule is O=C1c2cccc3cccc(c23)C(=O)N1CCc1n[nH]c(=S)n1-c1ccccc1. The molecule has 2 amide bonds. The van der Waals surface area contributed by atoms with Gasteiger partial charge in [0, 0.05) is 35.2 Å². The first-order chi connectivity index (χ1) is 14.1. The fourth-order valence-electron chi connectivity index (χ4n) is 3.84. The summed E-state index contributed by atoms with van der Waals surface area (Å²) in [5.41, 5.74) is 1.99. The number of para-hydroxylation sites is 1. The van der Waals surface area contributed by atoms with Gasteiger partial charge >= 0.3 is 0 Å². The predicted octanol–water partition coefficient (Wildman–Crippen LogP) is 3.92. The molecule has 0 atom stereocenters. The van der Waals surface area contributed by atoms with Crippen molar-refractivity contribution in [3.05, 3.63) is 88.5 Å². The van der Waals surface area contributed by atoms with Gasteiger partial charge in [0.1, 0.15) is 5.82 Å². The van der Waals surface area contributed by atoms with Crippen LogP contribution in [0.2, 0.25) is 0 Å². The third kappa shape index (κ3) is 2.78. The second kappa shape index (κ2) is 6.79. The van der Waals surface area contributed by atoms with Crippen LogP contribution in [0.25, 0.3) is 16.5 Å². The van der Waals surface area contributed by atoms with Gasteiger partial charge in [0.2, 0.25) is 0 Å². The number of imide groups is 1. The zero-order valence-electron chi connectivity index (χ0n) is 15.3. The van der Waals surface area contributed by atoms with Crippen LogP contribution in [0.1, 0.15) is 26.5 Å². The summed E-state index contributed by atoms with van der Waals surface area (Å²) in [6, 6.07) is 20.7. The molecule has 2 heterocycles. The Morgan fingerprint density at radius 1 is 0.862 bits per heavy atom. The minimum Gasteiger partial charge on any atom is -0.274 e. The van der Waals surface area contributed by atoms with Crippen molar-refractivity contribution in [3.63, 3.8) is 0 Å². The highest BCUT2D eigenvalue weighted by atomic mass is 32.1. The number of aromatic nitrogens is 3. The third-order valence-corrected chi connectivity index (χ3v) is 5.44. The van der Waals surface area contributed by atoms with E-state index in [1.807, 2.05) is 59.2 Å². The fourth-order valence-corrected chi connectivity index (χ4v) is 4.09. The molecule has 1 N–H and O–H groups in total. The highest BCUT2D eigenvalue weighted by Crippen LogP contribution is 2.30. The first-order valence-electron chi connectivity index (χ1n) is 9.25. The Balaban J connectivity index is 1.48. The number of H-pyrrole nitrogens is 1. The van der Waals surface area contributed by atoms with Gasteiger partial charge in [-0.15, -0.1) is 0 Å². The molecular weight excluding hydrogens is 384 g/mol. The van der Waals surface area contributed by atoms with Crippen LogP contribution in [0.5, 0.6) is 0 Å². The smallest absolute Gasteiger partial charge is 0.261 e. The number of rotatable bonds is 4. The summed E-state index contributed by atoms with van der Waals surface area (Å²) in [4.78, 5) is 27.4. The van der Waals surface area contributed by atoms with Crippen LogP contribution in [-0.2, 0) is 6.42 Å². The molecule has 0 bridgehead atoms. The van der Waals surface area contributed by atoms with Crippen molar-refractivity contribution in [3.8, 4) is 5.69 Å². The molecule has 29 heavy (non-hydrogen) atoms. The largest absolute Gasteiger partial charge is 0.274 e. The van der Waals surface area contributed by atoms with E-state index in [4.69, 9.17) is 12.2 Å². The van der Waals surface area contributed by atoms with Crippen LogP contribution >= 0.6 is 12.2 Å². The van der Waals surface area contributed by atoms with Gasteiger partial charge in [0.05, 0.1) is 0 Å². The molecule has 0 spiro atoms. The predicted molar refractivity (Wildman–Crippen MR) is 112 cm³/mol. The van der Waals surface area contributed by atoms with Crippen molar-refractivity contribution < 1.29 is 9.59 Å². The van der Waals surface area contributed by atoms with Crippen LogP contribution in [0, 0.1) is 4.77 Å². The minimum atomic E-state index is -0.278. The molecule has 4 aromatic rings. The Kier molecular flexibility index (Phi) is 4.10. The summed E-state index contributed by atoms with van der Waals surface area (Å²) < 4.78 is 2.29. The Morgan fingerprint density at radius 2 is 1.52 bits per heavy atom. The Morgan fingerprint density at radius 3 is 2.17 bits per heavy atom. The summed E-state index contributed by atoms with van der Waals surface area (Å²) in [6.45, 7) is 0.217. The van der Waals surface area contributed by atoms with Crippen LogP contribution < -0.4 is 0 Å². The molecule has 0 saturated carbocycles. The topological polar surface area (TPSA) is 71.0 Å². The number of nitrogens with zero attached hydrogens (tertiary/aromatic N) is 3. The maximum absolute atomic E-state index is 13.0. The standard InChI is InChI=1S/C22H16N4O2S/c27-20-16-10-4-6-14-7-5-11-17(19(14)16)21(28)25(20)13-12-18-23-24-22(29)26(18)15-8-2-1-3-9-15/h1-11H,12-13H2,(H,24,29). The van der Waals surface area contributed by atoms with Crippen molar-refractivity contribution in [2.24, 2.45) is 0 Å². The van der Waals surface area contributed by atoms with E-state index in [2.05, 4.69) is 10.2 Å². The van der Waals surface area contributed by atoms with Crippen molar-refractivity contribution in [1.29, 1.82) is 0 Å². The molecule has 0 aliphatic carbocycles. The van der Waals surface area contributed by atoms with Crippen molar-refractivity contribution in [1.82, 2.24) is 19.7 Å². The lowest BCUT2D eigenvalue weighted by atomic mass is 9.94. The van der Waals surface area contributed by atoms with Crippen LogP contribution in [0.3, 0.4) is 0 Å². The highest BCUT2D eigenvalue weighted by molar-refractivity contribution is 7.71. The number of benzene rings is 3. The third-order valence-electron chi connectivity index (χ3n) is 5.17. The monoisotopic (exact) mass is 400 g/mol. The second-order valence-corrected chi connectivity index (χ2v) is 7.22. The lowest BCUT2D eigenvalue weighted by Gasteiger charge is -2.27. The average Bonchev–Trinajstić information content (AvgIpc) is 3.12. The van der Waals surface area contributed by atoms with Gasteiger partial charge in [-0.05, 0) is 41.9 Å². The van der Waals surface area contributed by atoms with Crippen molar-refractivity contribution in [2.75, 3.05) is 6.54 Å². The molecule has 7 heteroatoms. The Bertz CT molecular complexity index is 1270. The van der Waals surface area contributed by atoms with Gasteiger partial charge in [0.25, 0.3) is 11.8 Å². The molecule has 0 unspecified atom stereocenters. The molecule has 1 aliphatic heterocycles. The number of hydrogen-bond acceptors (Lipinski definition) is 4. The zero-order chi connectivity index (χ0) is 20.0. The average molecular weight is 400 g/mol.